The van der Waals surface area contributed by atoms with Gasteiger partial charge < -0.3 is 19.9 Å². The van der Waals surface area contributed by atoms with Crippen molar-refractivity contribution >= 4 is 6.03 Å². The van der Waals surface area contributed by atoms with Gasteiger partial charge in [-0.1, -0.05) is 35.5 Å². The molecule has 2 heterocycles. The molecule has 1 fully saturated rings. The summed E-state index contributed by atoms with van der Waals surface area (Å²) in [5.74, 6) is 0. The molecular weight excluding hydrogens is 320 g/mol. The molecular formula is C18H24N4O3. The van der Waals surface area contributed by atoms with E-state index in [-0.39, 0.29) is 18.2 Å². The molecule has 0 spiro atoms. The van der Waals surface area contributed by atoms with Crippen LogP contribution in [0.15, 0.2) is 47.2 Å². The first-order valence-corrected chi connectivity index (χ1v) is 8.52. The molecule has 0 aliphatic carbocycles. The van der Waals surface area contributed by atoms with E-state index in [1.165, 1.54) is 11.8 Å². The number of ether oxygens (including phenoxy) is 1. The predicted molar refractivity (Wildman–Crippen MR) is 92.8 cm³/mol. The first kappa shape index (κ1) is 17.4. The highest BCUT2D eigenvalue weighted by atomic mass is 16.5. The highest BCUT2D eigenvalue weighted by Gasteiger charge is 2.26. The lowest BCUT2D eigenvalue weighted by Crippen LogP contribution is -2.53. The van der Waals surface area contributed by atoms with E-state index < -0.39 is 0 Å². The van der Waals surface area contributed by atoms with E-state index in [4.69, 9.17) is 9.26 Å². The number of hydrogen-bond donors (Lipinski definition) is 2. The molecule has 0 radical (unpaired) electrons. The van der Waals surface area contributed by atoms with Crippen LogP contribution in [0.3, 0.4) is 0 Å². The second-order valence-corrected chi connectivity index (χ2v) is 6.24. The van der Waals surface area contributed by atoms with Gasteiger partial charge in [-0.2, -0.15) is 0 Å². The van der Waals surface area contributed by atoms with Gasteiger partial charge in [0.2, 0.25) is 0 Å². The molecule has 3 rings (SSSR count). The second kappa shape index (κ2) is 8.64. The molecule has 2 aromatic rings. The highest BCUT2D eigenvalue weighted by Crippen LogP contribution is 2.12. The molecule has 1 saturated heterocycles. The Morgan fingerprint density at radius 1 is 1.36 bits per heavy atom. The summed E-state index contributed by atoms with van der Waals surface area (Å²) in [6.07, 6.45) is 1.45. The van der Waals surface area contributed by atoms with Gasteiger partial charge >= 0.3 is 6.03 Å². The topological polar surface area (TPSA) is 79.6 Å². The fourth-order valence-corrected chi connectivity index (χ4v) is 2.87. The minimum Gasteiger partial charge on any atom is -0.373 e. The lowest BCUT2D eigenvalue weighted by Gasteiger charge is -2.36. The Morgan fingerprint density at radius 3 is 2.96 bits per heavy atom. The lowest BCUT2D eigenvalue weighted by molar-refractivity contribution is -0.0442. The largest absolute Gasteiger partial charge is 0.373 e. The predicted octanol–water partition coefficient (Wildman–Crippen LogP) is 1.76. The quantitative estimate of drug-likeness (QED) is 0.835. The smallest absolute Gasteiger partial charge is 0.315 e. The summed E-state index contributed by atoms with van der Waals surface area (Å²) in [5, 5.41) is 9.46. The van der Waals surface area contributed by atoms with Crippen molar-refractivity contribution in [2.75, 3.05) is 19.7 Å². The summed E-state index contributed by atoms with van der Waals surface area (Å²) < 4.78 is 10.6. The molecule has 7 heteroatoms. The number of carbonyl (C=O) groups excluding carboxylic acids is 1. The van der Waals surface area contributed by atoms with Gasteiger partial charge in [0, 0.05) is 25.7 Å². The zero-order valence-electron chi connectivity index (χ0n) is 14.4. The zero-order chi connectivity index (χ0) is 17.5. The van der Waals surface area contributed by atoms with E-state index in [2.05, 4.69) is 45.0 Å². The van der Waals surface area contributed by atoms with E-state index in [1.807, 2.05) is 13.0 Å². The van der Waals surface area contributed by atoms with Gasteiger partial charge in [0.25, 0.3) is 0 Å². The van der Waals surface area contributed by atoms with Crippen LogP contribution in [0, 0.1) is 0 Å². The Bertz CT molecular complexity index is 648. The third-order valence-electron chi connectivity index (χ3n) is 4.26. The molecule has 2 N–H and O–H groups in total. The Balaban J connectivity index is 1.44. The fourth-order valence-electron chi connectivity index (χ4n) is 2.87. The molecule has 0 bridgehead atoms. The molecule has 7 nitrogen and oxygen atoms in total. The van der Waals surface area contributed by atoms with Crippen molar-refractivity contribution in [3.8, 4) is 0 Å². The van der Waals surface area contributed by atoms with Crippen molar-refractivity contribution in [2.24, 2.45) is 0 Å². The van der Waals surface area contributed by atoms with Crippen molar-refractivity contribution in [3.05, 3.63) is 53.9 Å². The van der Waals surface area contributed by atoms with Gasteiger partial charge in [0.05, 0.1) is 25.3 Å². The van der Waals surface area contributed by atoms with Gasteiger partial charge in [0.1, 0.15) is 12.0 Å². The van der Waals surface area contributed by atoms with Crippen LogP contribution in [0.5, 0.6) is 0 Å². The van der Waals surface area contributed by atoms with Crippen LogP contribution in [0.4, 0.5) is 4.79 Å². The third kappa shape index (κ3) is 5.30. The van der Waals surface area contributed by atoms with Gasteiger partial charge in [0.15, 0.2) is 0 Å². The molecule has 1 aliphatic rings. The van der Waals surface area contributed by atoms with E-state index in [9.17, 15) is 4.79 Å². The van der Waals surface area contributed by atoms with Crippen molar-refractivity contribution in [2.45, 2.75) is 32.2 Å². The maximum absolute atomic E-state index is 12.0. The van der Waals surface area contributed by atoms with E-state index in [0.29, 0.717) is 18.8 Å². The lowest BCUT2D eigenvalue weighted by atomic mass is 10.1. The normalized spacial score (nSPS) is 19.3. The molecule has 25 heavy (non-hydrogen) atoms. The Kier molecular flexibility index (Phi) is 6.03. The summed E-state index contributed by atoms with van der Waals surface area (Å²) in [5.41, 5.74) is 1.97. The number of benzene rings is 1. The standard InChI is InChI=1S/C18H24N4O3/c1-14(20-18(23)19-11-16-7-9-25-21-16)17-13-22(8-10-24-17)12-15-5-3-2-4-6-15/h2-7,9,14,17H,8,10-13H2,1H3,(H2,19,20,23)/t14-,17-/m1/s1. The summed E-state index contributed by atoms with van der Waals surface area (Å²) in [7, 11) is 0. The van der Waals surface area contributed by atoms with Crippen LogP contribution in [-0.2, 0) is 17.8 Å². The monoisotopic (exact) mass is 344 g/mol. The molecule has 0 unspecified atom stereocenters. The fraction of sp³-hybridized carbons (Fsp3) is 0.444. The van der Waals surface area contributed by atoms with E-state index >= 15 is 0 Å². The summed E-state index contributed by atoms with van der Waals surface area (Å²) in [4.78, 5) is 14.4. The van der Waals surface area contributed by atoms with Crippen molar-refractivity contribution < 1.29 is 14.1 Å². The molecule has 134 valence electrons. The number of rotatable bonds is 6. The average molecular weight is 344 g/mol. The number of carbonyl (C=O) groups is 1. The van der Waals surface area contributed by atoms with Crippen molar-refractivity contribution in [3.63, 3.8) is 0 Å². The molecule has 1 aromatic heterocycles. The number of nitrogens with zero attached hydrogens (tertiary/aromatic N) is 2. The second-order valence-electron chi connectivity index (χ2n) is 6.24. The first-order chi connectivity index (χ1) is 12.2. The number of morpholine rings is 1. The molecule has 2 atom stereocenters. The van der Waals surface area contributed by atoms with Crippen LogP contribution in [-0.4, -0.2) is 47.9 Å². The number of nitrogens with one attached hydrogen (secondary N) is 2. The maximum atomic E-state index is 12.0. The van der Waals surface area contributed by atoms with Gasteiger partial charge in [-0.25, -0.2) is 4.79 Å². The van der Waals surface area contributed by atoms with Crippen LogP contribution >= 0.6 is 0 Å². The number of urea groups is 1. The van der Waals surface area contributed by atoms with Crippen LogP contribution in [0.2, 0.25) is 0 Å². The summed E-state index contributed by atoms with van der Waals surface area (Å²) in [6.45, 7) is 5.55. The maximum Gasteiger partial charge on any atom is 0.315 e. The summed E-state index contributed by atoms with van der Waals surface area (Å²) in [6, 6.07) is 11.8. The Hall–Kier alpha value is -2.38. The first-order valence-electron chi connectivity index (χ1n) is 8.52. The molecule has 1 aliphatic heterocycles. The molecule has 1 aromatic carbocycles. The Labute approximate surface area is 147 Å². The SMILES string of the molecule is C[C@@H](NC(=O)NCc1ccon1)[C@H]1CN(Cc2ccccc2)CCO1. The van der Waals surface area contributed by atoms with Gasteiger partial charge in [-0.05, 0) is 12.5 Å². The van der Waals surface area contributed by atoms with E-state index in [1.54, 1.807) is 6.07 Å². The van der Waals surface area contributed by atoms with Gasteiger partial charge in [-0.15, -0.1) is 0 Å². The third-order valence-corrected chi connectivity index (χ3v) is 4.26. The zero-order valence-corrected chi connectivity index (χ0v) is 14.4. The molecule has 0 saturated carbocycles. The minimum absolute atomic E-state index is 0.0322. The molecule has 2 amide bonds. The summed E-state index contributed by atoms with van der Waals surface area (Å²) >= 11 is 0. The van der Waals surface area contributed by atoms with Crippen LogP contribution in [0.1, 0.15) is 18.2 Å². The number of hydrogen-bond acceptors (Lipinski definition) is 5. The Morgan fingerprint density at radius 2 is 2.20 bits per heavy atom. The van der Waals surface area contributed by atoms with Crippen molar-refractivity contribution in [1.29, 1.82) is 0 Å². The highest BCUT2D eigenvalue weighted by molar-refractivity contribution is 5.74. The van der Waals surface area contributed by atoms with E-state index in [0.717, 1.165) is 19.6 Å². The average Bonchev–Trinajstić information content (AvgIpc) is 3.15. The number of aromatic nitrogens is 1. The number of amides is 2. The minimum atomic E-state index is -0.237. The van der Waals surface area contributed by atoms with Gasteiger partial charge in [-0.3, -0.25) is 4.90 Å². The van der Waals surface area contributed by atoms with Crippen LogP contribution < -0.4 is 10.6 Å². The van der Waals surface area contributed by atoms with Crippen molar-refractivity contribution in [1.82, 2.24) is 20.7 Å². The van der Waals surface area contributed by atoms with Crippen LogP contribution in [0.25, 0.3) is 0 Å².